The van der Waals surface area contributed by atoms with Gasteiger partial charge < -0.3 is 10.2 Å². The molecule has 0 amide bonds. The van der Waals surface area contributed by atoms with E-state index in [2.05, 4.69) is 15.4 Å². The van der Waals surface area contributed by atoms with E-state index in [0.717, 1.165) is 49.6 Å². The summed E-state index contributed by atoms with van der Waals surface area (Å²) < 4.78 is 16.4. The molecule has 0 bridgehead atoms. The van der Waals surface area contributed by atoms with Crippen LogP contribution in [0.2, 0.25) is 0 Å². The highest BCUT2D eigenvalue weighted by molar-refractivity contribution is 5.79. The molecule has 27 heavy (non-hydrogen) atoms. The lowest BCUT2D eigenvalue weighted by atomic mass is 10.2. The number of aliphatic imine (C=N–C) groups is 1. The number of hydrogen-bond donors (Lipinski definition) is 1. The second kappa shape index (κ2) is 8.83. The molecule has 0 saturated heterocycles. The van der Waals surface area contributed by atoms with Crippen molar-refractivity contribution in [1.29, 1.82) is 0 Å². The molecule has 0 atom stereocenters. The number of rotatable bonds is 6. The number of nitrogens with zero attached hydrogens (tertiary/aromatic N) is 5. The monoisotopic (exact) mass is 374 g/mol. The summed E-state index contributed by atoms with van der Waals surface area (Å²) in [5.74, 6) is 1.44. The van der Waals surface area contributed by atoms with Gasteiger partial charge in [-0.05, 0) is 37.0 Å². The number of aryl methyl sites for hydroxylation is 2. The number of guanidine groups is 1. The zero-order chi connectivity index (χ0) is 19.2. The normalized spacial score (nSPS) is 14.1. The van der Waals surface area contributed by atoms with Gasteiger partial charge in [0.2, 0.25) is 0 Å². The van der Waals surface area contributed by atoms with E-state index >= 15 is 0 Å². The Morgan fingerprint density at radius 2 is 2.11 bits per heavy atom. The number of nitrogens with one attached hydrogen (secondary N) is 1. The summed E-state index contributed by atoms with van der Waals surface area (Å²) in [5, 5.41) is 7.76. The first-order valence-corrected chi connectivity index (χ1v) is 9.41. The van der Waals surface area contributed by atoms with E-state index in [1.54, 1.807) is 28.4 Å². The van der Waals surface area contributed by atoms with Crippen LogP contribution in [-0.4, -0.2) is 45.8 Å². The van der Waals surface area contributed by atoms with Gasteiger partial charge in [-0.3, -0.25) is 9.56 Å². The minimum Gasteiger partial charge on any atom is -0.356 e. The van der Waals surface area contributed by atoms with Crippen LogP contribution < -0.4 is 11.0 Å². The third-order valence-electron chi connectivity index (χ3n) is 4.77. The molecule has 1 N–H and O–H groups in total. The van der Waals surface area contributed by atoms with Crippen molar-refractivity contribution < 1.29 is 4.39 Å². The van der Waals surface area contributed by atoms with E-state index in [0.29, 0.717) is 19.6 Å². The Morgan fingerprint density at radius 1 is 1.33 bits per heavy atom. The standard InChI is InChI=1S/C19H27FN6O/c1-21-18(24(2)14-15-7-9-16(20)10-8-15)22-11-5-13-26-19(27)25-12-4-3-6-17(25)23-26/h7-10H,3-6,11-14H2,1-2H3,(H,21,22). The van der Waals surface area contributed by atoms with Crippen molar-refractivity contribution in [2.75, 3.05) is 20.6 Å². The maximum atomic E-state index is 13.0. The molecule has 0 radical (unpaired) electrons. The molecule has 8 heteroatoms. The molecule has 0 saturated carbocycles. The maximum Gasteiger partial charge on any atom is 0.345 e. The molecule has 0 fully saturated rings. The summed E-state index contributed by atoms with van der Waals surface area (Å²) >= 11 is 0. The number of aromatic nitrogens is 3. The Balaban J connectivity index is 1.48. The summed E-state index contributed by atoms with van der Waals surface area (Å²) in [5.41, 5.74) is 1.01. The maximum absolute atomic E-state index is 13.0. The van der Waals surface area contributed by atoms with Gasteiger partial charge in [0.25, 0.3) is 0 Å². The molecule has 0 aliphatic carbocycles. The molecule has 1 aromatic carbocycles. The molecule has 1 aromatic heterocycles. The molecule has 0 unspecified atom stereocenters. The van der Waals surface area contributed by atoms with Gasteiger partial charge in [-0.2, -0.15) is 5.10 Å². The predicted molar refractivity (Wildman–Crippen MR) is 103 cm³/mol. The Hall–Kier alpha value is -2.64. The van der Waals surface area contributed by atoms with Crippen molar-refractivity contribution >= 4 is 5.96 Å². The second-order valence-electron chi connectivity index (χ2n) is 6.84. The second-order valence-corrected chi connectivity index (χ2v) is 6.84. The lowest BCUT2D eigenvalue weighted by Crippen LogP contribution is -2.39. The summed E-state index contributed by atoms with van der Waals surface area (Å²) in [6.45, 7) is 2.69. The summed E-state index contributed by atoms with van der Waals surface area (Å²) in [7, 11) is 3.67. The van der Waals surface area contributed by atoms with E-state index < -0.39 is 0 Å². The Bertz CT molecular complexity index is 839. The zero-order valence-electron chi connectivity index (χ0n) is 16.0. The van der Waals surface area contributed by atoms with Crippen LogP contribution in [0.1, 0.15) is 30.7 Å². The fourth-order valence-corrected chi connectivity index (χ4v) is 3.35. The highest BCUT2D eigenvalue weighted by Gasteiger charge is 2.16. The molecule has 2 heterocycles. The van der Waals surface area contributed by atoms with Crippen LogP contribution in [0.4, 0.5) is 4.39 Å². The van der Waals surface area contributed by atoms with Gasteiger partial charge in [-0.15, -0.1) is 0 Å². The minimum atomic E-state index is -0.236. The van der Waals surface area contributed by atoms with Crippen molar-refractivity contribution in [2.45, 2.75) is 45.3 Å². The van der Waals surface area contributed by atoms with E-state index in [-0.39, 0.29) is 11.5 Å². The molecular formula is C19H27FN6O. The minimum absolute atomic E-state index is 0.00232. The highest BCUT2D eigenvalue weighted by atomic mass is 19.1. The van der Waals surface area contributed by atoms with Gasteiger partial charge in [-0.1, -0.05) is 12.1 Å². The van der Waals surface area contributed by atoms with Gasteiger partial charge >= 0.3 is 5.69 Å². The van der Waals surface area contributed by atoms with Crippen LogP contribution in [0.3, 0.4) is 0 Å². The largest absolute Gasteiger partial charge is 0.356 e. The van der Waals surface area contributed by atoms with Gasteiger partial charge in [0, 0.05) is 46.7 Å². The van der Waals surface area contributed by atoms with Crippen LogP contribution in [0.15, 0.2) is 34.1 Å². The fourth-order valence-electron chi connectivity index (χ4n) is 3.35. The Labute approximate surface area is 158 Å². The Kier molecular flexibility index (Phi) is 6.26. The molecule has 146 valence electrons. The molecule has 1 aliphatic heterocycles. The lowest BCUT2D eigenvalue weighted by Gasteiger charge is -2.22. The van der Waals surface area contributed by atoms with Gasteiger partial charge in [0.15, 0.2) is 5.96 Å². The summed E-state index contributed by atoms with van der Waals surface area (Å²) in [6.07, 6.45) is 3.83. The third-order valence-corrected chi connectivity index (χ3v) is 4.77. The first-order valence-electron chi connectivity index (χ1n) is 9.41. The number of hydrogen-bond acceptors (Lipinski definition) is 3. The molecule has 2 aromatic rings. The molecular weight excluding hydrogens is 347 g/mol. The van der Waals surface area contributed by atoms with E-state index in [4.69, 9.17) is 0 Å². The van der Waals surface area contributed by atoms with Gasteiger partial charge in [-0.25, -0.2) is 13.9 Å². The lowest BCUT2D eigenvalue weighted by molar-refractivity contribution is 0.469. The third kappa shape index (κ3) is 4.75. The highest BCUT2D eigenvalue weighted by Crippen LogP contribution is 2.09. The van der Waals surface area contributed by atoms with Crippen molar-refractivity contribution in [3.8, 4) is 0 Å². The van der Waals surface area contributed by atoms with Crippen LogP contribution in [0.25, 0.3) is 0 Å². The molecule has 0 spiro atoms. The molecule has 7 nitrogen and oxygen atoms in total. The van der Waals surface area contributed by atoms with E-state index in [1.807, 2.05) is 11.9 Å². The average molecular weight is 374 g/mol. The molecule has 3 rings (SSSR count). The molecule has 1 aliphatic rings. The van der Waals surface area contributed by atoms with Gasteiger partial charge in [0.05, 0.1) is 0 Å². The smallest absolute Gasteiger partial charge is 0.345 e. The van der Waals surface area contributed by atoms with Crippen LogP contribution in [0.5, 0.6) is 0 Å². The van der Waals surface area contributed by atoms with Crippen LogP contribution >= 0.6 is 0 Å². The predicted octanol–water partition coefficient (Wildman–Crippen LogP) is 1.62. The summed E-state index contributed by atoms with van der Waals surface area (Å²) in [6, 6.07) is 6.46. The van der Waals surface area contributed by atoms with Gasteiger partial charge in [0.1, 0.15) is 11.6 Å². The van der Waals surface area contributed by atoms with Crippen LogP contribution in [0, 0.1) is 5.82 Å². The van der Waals surface area contributed by atoms with E-state index in [1.165, 1.54) is 12.1 Å². The van der Waals surface area contributed by atoms with Crippen LogP contribution in [-0.2, 0) is 26.1 Å². The van der Waals surface area contributed by atoms with Crippen molar-refractivity contribution in [3.63, 3.8) is 0 Å². The quantitative estimate of drug-likeness (QED) is 0.474. The number of fused-ring (bicyclic) bond motifs is 1. The first kappa shape index (κ1) is 19.1. The summed E-state index contributed by atoms with van der Waals surface area (Å²) in [4.78, 5) is 18.6. The topological polar surface area (TPSA) is 67.5 Å². The first-order chi connectivity index (χ1) is 13.1. The van der Waals surface area contributed by atoms with Crippen molar-refractivity contribution in [2.24, 2.45) is 4.99 Å². The average Bonchev–Trinajstić information content (AvgIpc) is 3.00. The number of halogens is 1. The van der Waals surface area contributed by atoms with Crippen molar-refractivity contribution in [1.82, 2.24) is 24.6 Å². The SMILES string of the molecule is CN=C(NCCCn1nc2n(c1=O)CCCC2)N(C)Cc1ccc(F)cc1. The van der Waals surface area contributed by atoms with Crippen molar-refractivity contribution in [3.05, 3.63) is 52.0 Å². The number of benzene rings is 1. The van der Waals surface area contributed by atoms with E-state index in [9.17, 15) is 9.18 Å². The fraction of sp³-hybridized carbons (Fsp3) is 0.526. The Morgan fingerprint density at radius 3 is 2.81 bits per heavy atom. The zero-order valence-corrected chi connectivity index (χ0v) is 16.0.